The zero-order chi connectivity index (χ0) is 4.99. The van der Waals surface area contributed by atoms with Crippen molar-refractivity contribution in [1.29, 1.82) is 0 Å². The Morgan fingerprint density at radius 1 is 1.43 bits per heavy atom. The van der Waals surface area contributed by atoms with Gasteiger partial charge in [0.2, 0.25) is 0 Å². The van der Waals surface area contributed by atoms with Gasteiger partial charge in [-0.1, -0.05) is 0 Å². The Hall–Kier alpha value is 0.517. The molecule has 0 saturated carbocycles. The van der Waals surface area contributed by atoms with Crippen LogP contribution in [0.2, 0.25) is 0 Å². The van der Waals surface area contributed by atoms with Gasteiger partial charge in [0.25, 0.3) is 0 Å². The summed E-state index contributed by atoms with van der Waals surface area (Å²) in [5, 5.41) is 0. The second-order valence-corrected chi connectivity index (χ2v) is 1.55. The monoisotopic (exact) mass is 94.1 g/mol. The third kappa shape index (κ3) is 10.7. The Morgan fingerprint density at radius 2 is 1.86 bits per heavy atom. The summed E-state index contributed by atoms with van der Waals surface area (Å²) in [4.78, 5) is 1.99. The van der Waals surface area contributed by atoms with Gasteiger partial charge in [0, 0.05) is 0 Å². The van der Waals surface area contributed by atoms with Gasteiger partial charge in [-0.15, -0.1) is 6.54 Å². The Balaban J connectivity index is 0. The van der Waals surface area contributed by atoms with E-state index in [1.165, 1.54) is 0 Å². The zero-order valence-electron chi connectivity index (χ0n) is 5.36. The van der Waals surface area contributed by atoms with Crippen molar-refractivity contribution in [3.8, 4) is 0 Å². The topological polar surface area (TPSA) is 27.0 Å². The normalized spacial score (nSPS) is 8.57. The average molecular weight is 94.1 g/mol. The molecule has 0 heterocycles. The molecule has 0 aromatic heterocycles. The maximum absolute atomic E-state index is 6.69. The van der Waals surface area contributed by atoms with Crippen molar-refractivity contribution in [2.24, 2.45) is 0 Å². The van der Waals surface area contributed by atoms with Crippen LogP contribution in [0.3, 0.4) is 0 Å². The smallest absolute Gasteiger partial charge is 0.676 e. The van der Waals surface area contributed by atoms with Crippen molar-refractivity contribution in [2.45, 2.75) is 0 Å². The van der Waals surface area contributed by atoms with E-state index in [9.17, 15) is 0 Å². The molecule has 1 N–H and O–H groups in total. The van der Waals surface area contributed by atoms with E-state index in [0.29, 0.717) is 6.54 Å². The number of nitrogens with one attached hydrogen (secondary N) is 1. The van der Waals surface area contributed by atoms with Gasteiger partial charge in [-0.25, -0.2) is 0 Å². The average Bonchev–Trinajstić information content (AvgIpc) is 1.35. The van der Waals surface area contributed by atoms with Crippen LogP contribution >= 0.6 is 0 Å². The first-order valence-electron chi connectivity index (χ1n) is 2.06. The van der Waals surface area contributed by atoms with Gasteiger partial charge in [-0.2, -0.15) is 0 Å². The zero-order valence-corrected chi connectivity index (χ0v) is 5.36. The molecule has 0 atom stereocenters. The first kappa shape index (κ1) is 10.5. The number of hydrogen-bond acceptors (Lipinski definition) is 1. The van der Waals surface area contributed by atoms with E-state index < -0.39 is 0 Å². The van der Waals surface area contributed by atoms with Crippen molar-refractivity contribution in [2.75, 3.05) is 27.2 Å². The molecule has 0 unspecified atom stereocenters. The van der Waals surface area contributed by atoms with Crippen LogP contribution in [0.4, 0.5) is 0 Å². The molecule has 0 aliphatic heterocycles. The number of rotatable bonds is 2. The van der Waals surface area contributed by atoms with Crippen LogP contribution in [-0.2, 0) is 0 Å². The van der Waals surface area contributed by atoms with E-state index in [-0.39, 0.29) is 18.9 Å². The maximum atomic E-state index is 6.69. The Kier molecular flexibility index (Phi) is 9.77. The minimum Gasteiger partial charge on any atom is -0.676 e. The summed E-state index contributed by atoms with van der Waals surface area (Å²) in [7, 11) is 3.93. The van der Waals surface area contributed by atoms with Crippen LogP contribution in [0.1, 0.15) is 0 Å². The molecule has 0 rings (SSSR count). The van der Waals surface area contributed by atoms with Crippen LogP contribution in [0.5, 0.6) is 0 Å². The van der Waals surface area contributed by atoms with Crippen LogP contribution < -0.4 is 18.9 Å². The Morgan fingerprint density at radius 3 is 1.86 bits per heavy atom. The summed E-state index contributed by atoms with van der Waals surface area (Å²) in [6, 6.07) is 0. The molecule has 38 valence electrons. The quantitative estimate of drug-likeness (QED) is 0.350. The fourth-order valence-corrected chi connectivity index (χ4v) is 0.224. The molecule has 0 bridgehead atoms. The molecular weight excluding hydrogens is 83.0 g/mol. The SMILES string of the molecule is CN(C)CC[NH-].[Li+]. The number of nitrogens with zero attached hydrogens (tertiary/aromatic N) is 1. The number of likely N-dealkylation sites (N-methyl/N-ethyl adjacent to an activating group) is 1. The molecule has 0 fully saturated rings. The fourth-order valence-electron chi connectivity index (χ4n) is 0.224. The summed E-state index contributed by atoms with van der Waals surface area (Å²) >= 11 is 0. The van der Waals surface area contributed by atoms with E-state index in [0.717, 1.165) is 6.54 Å². The summed E-state index contributed by atoms with van der Waals surface area (Å²) in [5.41, 5.74) is 6.69. The molecule has 0 spiro atoms. The number of hydrogen-bond donors (Lipinski definition) is 0. The maximum Gasteiger partial charge on any atom is 1.00 e. The molecule has 0 saturated heterocycles. The van der Waals surface area contributed by atoms with Gasteiger partial charge in [0.15, 0.2) is 0 Å². The van der Waals surface area contributed by atoms with Crippen LogP contribution in [0.25, 0.3) is 5.73 Å². The van der Waals surface area contributed by atoms with Gasteiger partial charge in [0.1, 0.15) is 0 Å². The van der Waals surface area contributed by atoms with E-state index in [1.807, 2.05) is 19.0 Å². The standard InChI is InChI=1S/C4H11N2.Li/c1-6(2)4-3-5;/h5H,3-4H2,1-2H3;/q-1;+1. The second-order valence-electron chi connectivity index (χ2n) is 1.55. The second kappa shape index (κ2) is 6.52. The predicted octanol–water partition coefficient (Wildman–Crippen LogP) is -2.40. The Bertz CT molecular complexity index is 30.9. The van der Waals surface area contributed by atoms with Crippen molar-refractivity contribution in [3.05, 3.63) is 5.73 Å². The van der Waals surface area contributed by atoms with Gasteiger partial charge in [0.05, 0.1) is 0 Å². The molecule has 0 amide bonds. The van der Waals surface area contributed by atoms with E-state index >= 15 is 0 Å². The van der Waals surface area contributed by atoms with Gasteiger partial charge in [-0.3, -0.25) is 0 Å². The summed E-state index contributed by atoms with van der Waals surface area (Å²) < 4.78 is 0. The van der Waals surface area contributed by atoms with E-state index in [2.05, 4.69) is 0 Å². The molecule has 2 nitrogen and oxygen atoms in total. The van der Waals surface area contributed by atoms with Crippen molar-refractivity contribution < 1.29 is 18.9 Å². The third-order valence-corrected chi connectivity index (χ3v) is 0.559. The van der Waals surface area contributed by atoms with Gasteiger partial charge >= 0.3 is 18.9 Å². The molecule has 0 aliphatic rings. The summed E-state index contributed by atoms with van der Waals surface area (Å²) in [5.74, 6) is 0. The summed E-state index contributed by atoms with van der Waals surface area (Å²) in [6.45, 7) is 1.38. The molecule has 7 heavy (non-hydrogen) atoms. The minimum atomic E-state index is 0. The third-order valence-electron chi connectivity index (χ3n) is 0.559. The largest absolute Gasteiger partial charge is 1.00 e. The van der Waals surface area contributed by atoms with Crippen molar-refractivity contribution >= 4 is 0 Å². The van der Waals surface area contributed by atoms with Gasteiger partial charge < -0.3 is 10.6 Å². The Labute approximate surface area is 57.2 Å². The first-order valence-corrected chi connectivity index (χ1v) is 2.06. The summed E-state index contributed by atoms with van der Waals surface area (Å²) in [6.07, 6.45) is 0. The van der Waals surface area contributed by atoms with Crippen molar-refractivity contribution in [3.63, 3.8) is 0 Å². The molecular formula is C4H11LiN2. The molecule has 0 aromatic carbocycles. The minimum absolute atomic E-state index is 0. The van der Waals surface area contributed by atoms with E-state index in [1.54, 1.807) is 0 Å². The predicted molar refractivity (Wildman–Crippen MR) is 27.7 cm³/mol. The molecule has 0 aliphatic carbocycles. The van der Waals surface area contributed by atoms with E-state index in [4.69, 9.17) is 5.73 Å². The van der Waals surface area contributed by atoms with Crippen LogP contribution in [0.15, 0.2) is 0 Å². The van der Waals surface area contributed by atoms with Crippen molar-refractivity contribution in [1.82, 2.24) is 4.90 Å². The van der Waals surface area contributed by atoms with Gasteiger partial charge in [-0.05, 0) is 20.6 Å². The molecule has 0 aromatic rings. The first-order chi connectivity index (χ1) is 2.77. The molecule has 0 radical (unpaired) electrons. The molecule has 3 heteroatoms. The van der Waals surface area contributed by atoms with Crippen LogP contribution in [0, 0.1) is 0 Å². The van der Waals surface area contributed by atoms with Crippen LogP contribution in [-0.4, -0.2) is 32.1 Å². The fraction of sp³-hybridized carbons (Fsp3) is 1.00.